The van der Waals surface area contributed by atoms with Crippen LogP contribution in [0.3, 0.4) is 0 Å². The van der Waals surface area contributed by atoms with Crippen molar-refractivity contribution in [3.8, 4) is 5.69 Å². The minimum atomic E-state index is -0.479. The van der Waals surface area contributed by atoms with Crippen LogP contribution in [-0.4, -0.2) is 61.7 Å². The number of benzene rings is 2. The van der Waals surface area contributed by atoms with Gasteiger partial charge in [0.05, 0.1) is 21.7 Å². The van der Waals surface area contributed by atoms with Gasteiger partial charge in [-0.1, -0.05) is 6.92 Å². The number of carbonyl (C=O) groups excluding carboxylic acids is 1. The summed E-state index contributed by atoms with van der Waals surface area (Å²) in [5, 5.41) is 16.5. The summed E-state index contributed by atoms with van der Waals surface area (Å²) in [6, 6.07) is 11.9. The molecule has 11 heteroatoms. The monoisotopic (exact) mass is 517 g/mol. The van der Waals surface area contributed by atoms with Crippen LogP contribution in [-0.2, 0) is 6.42 Å². The van der Waals surface area contributed by atoms with E-state index in [9.17, 15) is 19.3 Å². The van der Waals surface area contributed by atoms with Crippen molar-refractivity contribution in [2.24, 2.45) is 0 Å². The molecule has 0 aliphatic carbocycles. The Morgan fingerprint density at radius 1 is 1.03 bits per heavy atom. The summed E-state index contributed by atoms with van der Waals surface area (Å²) in [4.78, 5) is 37.3. The first-order chi connectivity index (χ1) is 18.4. The zero-order valence-corrected chi connectivity index (χ0v) is 21.3. The largest absolute Gasteiger partial charge is 0.354 e. The Bertz CT molecular complexity index is 1490. The van der Waals surface area contributed by atoms with Gasteiger partial charge in [-0.25, -0.2) is 19.0 Å². The fourth-order valence-electron chi connectivity index (χ4n) is 4.77. The van der Waals surface area contributed by atoms with E-state index in [4.69, 9.17) is 15.1 Å². The molecule has 1 amide bonds. The second kappa shape index (κ2) is 10.5. The maximum absolute atomic E-state index is 13.6. The van der Waals surface area contributed by atoms with Gasteiger partial charge in [0.15, 0.2) is 5.65 Å². The van der Waals surface area contributed by atoms with Gasteiger partial charge in [-0.05, 0) is 56.2 Å². The Hall–Kier alpha value is -4.41. The van der Waals surface area contributed by atoms with Crippen molar-refractivity contribution in [1.82, 2.24) is 24.6 Å². The number of aromatic nitrogens is 4. The van der Waals surface area contributed by atoms with E-state index < -0.39 is 4.92 Å². The van der Waals surface area contributed by atoms with Crippen molar-refractivity contribution in [1.29, 1.82) is 0 Å². The maximum atomic E-state index is 13.6. The van der Waals surface area contributed by atoms with Crippen LogP contribution in [0.5, 0.6) is 0 Å². The van der Waals surface area contributed by atoms with Gasteiger partial charge in [-0.3, -0.25) is 14.9 Å². The number of hydrogen-bond donors (Lipinski definition) is 0. The molecule has 1 aliphatic rings. The number of anilines is 1. The van der Waals surface area contributed by atoms with Crippen LogP contribution < -0.4 is 4.90 Å². The molecule has 196 valence electrons. The molecule has 10 nitrogen and oxygen atoms in total. The third-order valence-electron chi connectivity index (χ3n) is 6.68. The van der Waals surface area contributed by atoms with E-state index in [1.54, 1.807) is 21.7 Å². The molecule has 1 fully saturated rings. The fourth-order valence-corrected chi connectivity index (χ4v) is 4.77. The van der Waals surface area contributed by atoms with Crippen LogP contribution >= 0.6 is 0 Å². The molecule has 0 bridgehead atoms. The summed E-state index contributed by atoms with van der Waals surface area (Å²) in [7, 11) is 0. The number of rotatable bonds is 6. The highest BCUT2D eigenvalue weighted by Crippen LogP contribution is 2.30. The number of nitrogens with zero attached hydrogens (tertiary/aromatic N) is 7. The van der Waals surface area contributed by atoms with E-state index in [1.807, 2.05) is 6.92 Å². The first-order valence-corrected chi connectivity index (χ1v) is 12.7. The number of nitro groups is 1. The first-order valence-electron chi connectivity index (χ1n) is 12.7. The normalized spacial score (nSPS) is 14.1. The van der Waals surface area contributed by atoms with Crippen molar-refractivity contribution in [2.75, 3.05) is 31.1 Å². The molecule has 0 saturated carbocycles. The molecule has 0 spiro atoms. The molecule has 0 radical (unpaired) electrons. The van der Waals surface area contributed by atoms with E-state index >= 15 is 0 Å². The fraction of sp³-hybridized carbons (Fsp3) is 0.333. The number of halogens is 1. The second-order valence-electron chi connectivity index (χ2n) is 9.32. The Labute approximate surface area is 218 Å². The lowest BCUT2D eigenvalue weighted by Crippen LogP contribution is -2.35. The lowest BCUT2D eigenvalue weighted by Gasteiger charge is -2.24. The molecule has 1 aliphatic heterocycles. The molecule has 4 aromatic rings. The Balaban J connectivity index is 1.45. The lowest BCUT2D eigenvalue weighted by molar-refractivity contribution is -0.384. The molecule has 0 atom stereocenters. The van der Waals surface area contributed by atoms with Crippen molar-refractivity contribution in [3.05, 3.63) is 81.5 Å². The highest BCUT2D eigenvalue weighted by Gasteiger charge is 2.25. The quantitative estimate of drug-likeness (QED) is 0.274. The average Bonchev–Trinajstić information content (AvgIpc) is 3.08. The Kier molecular flexibility index (Phi) is 6.99. The van der Waals surface area contributed by atoms with E-state index in [-0.39, 0.29) is 17.4 Å². The molecule has 0 unspecified atom stereocenters. The maximum Gasteiger partial charge on any atom is 0.269 e. The van der Waals surface area contributed by atoms with Crippen LogP contribution in [0.2, 0.25) is 0 Å². The molecule has 2 aromatic carbocycles. The van der Waals surface area contributed by atoms with Crippen molar-refractivity contribution < 1.29 is 14.1 Å². The predicted octanol–water partition coefficient (Wildman–Crippen LogP) is 4.48. The number of hydrogen-bond acceptors (Lipinski definition) is 7. The molecule has 0 N–H and O–H groups in total. The summed E-state index contributed by atoms with van der Waals surface area (Å²) in [6.07, 6.45) is 2.32. The Morgan fingerprint density at radius 3 is 2.45 bits per heavy atom. The zero-order chi connectivity index (χ0) is 26.8. The van der Waals surface area contributed by atoms with Gasteiger partial charge in [0.1, 0.15) is 17.5 Å². The first kappa shape index (κ1) is 25.2. The van der Waals surface area contributed by atoms with Gasteiger partial charge in [0, 0.05) is 50.3 Å². The van der Waals surface area contributed by atoms with Gasteiger partial charge in [0.2, 0.25) is 0 Å². The van der Waals surface area contributed by atoms with Gasteiger partial charge in [-0.2, -0.15) is 5.10 Å². The number of fused-ring (bicyclic) bond motifs is 1. The van der Waals surface area contributed by atoms with Crippen molar-refractivity contribution in [3.63, 3.8) is 0 Å². The van der Waals surface area contributed by atoms with Gasteiger partial charge in [-0.15, -0.1) is 0 Å². The number of carbonyl (C=O) groups is 1. The summed E-state index contributed by atoms with van der Waals surface area (Å²) in [5.41, 5.74) is 2.54. The number of nitro benzene ring substituents is 1. The predicted molar refractivity (Wildman–Crippen MR) is 141 cm³/mol. The van der Waals surface area contributed by atoms with Crippen LogP contribution in [0.1, 0.15) is 41.6 Å². The number of aryl methyl sites for hydroxylation is 2. The van der Waals surface area contributed by atoms with E-state index in [0.29, 0.717) is 55.3 Å². The van der Waals surface area contributed by atoms with Gasteiger partial charge >= 0.3 is 0 Å². The highest BCUT2D eigenvalue weighted by atomic mass is 19.1. The minimum absolute atomic E-state index is 0.0455. The zero-order valence-electron chi connectivity index (χ0n) is 21.3. The molecule has 38 heavy (non-hydrogen) atoms. The van der Waals surface area contributed by atoms with E-state index in [0.717, 1.165) is 29.7 Å². The molecule has 3 heterocycles. The second-order valence-corrected chi connectivity index (χ2v) is 9.32. The minimum Gasteiger partial charge on any atom is -0.354 e. The number of non-ortho nitro benzene ring substituents is 1. The van der Waals surface area contributed by atoms with Gasteiger partial charge in [0.25, 0.3) is 11.6 Å². The standard InChI is InChI=1S/C27H28FN7O3/c1-3-5-23-29-25(24-18(2)31-34(26(24)30-23)21-12-8-20(28)9-13-21)32-14-4-15-33(17-16-32)27(36)19-6-10-22(11-7-19)35(37)38/h6-13H,3-5,14-17H2,1-2H3. The molecule has 1 saturated heterocycles. The molecular weight excluding hydrogens is 489 g/mol. The van der Waals surface area contributed by atoms with Crippen molar-refractivity contribution >= 4 is 28.4 Å². The smallest absolute Gasteiger partial charge is 0.269 e. The molecule has 2 aromatic heterocycles. The van der Waals surface area contributed by atoms with Crippen LogP contribution in [0.25, 0.3) is 16.7 Å². The third kappa shape index (κ3) is 4.91. The number of amides is 1. The summed E-state index contributed by atoms with van der Waals surface area (Å²) in [5.74, 6) is 1.03. The highest BCUT2D eigenvalue weighted by molar-refractivity contribution is 5.94. The SMILES string of the molecule is CCCc1nc(N2CCCN(C(=O)c3ccc([N+](=O)[O-])cc3)CC2)c2c(C)nn(-c3ccc(F)cc3)c2n1. The van der Waals surface area contributed by atoms with Crippen LogP contribution in [0, 0.1) is 22.9 Å². The van der Waals surface area contributed by atoms with Crippen LogP contribution in [0.4, 0.5) is 15.9 Å². The third-order valence-corrected chi connectivity index (χ3v) is 6.68. The Morgan fingerprint density at radius 2 is 1.76 bits per heavy atom. The molecular formula is C27H28FN7O3. The van der Waals surface area contributed by atoms with E-state index in [2.05, 4.69) is 11.8 Å². The topological polar surface area (TPSA) is 110 Å². The molecule has 5 rings (SSSR count). The van der Waals surface area contributed by atoms with E-state index in [1.165, 1.54) is 36.4 Å². The summed E-state index contributed by atoms with van der Waals surface area (Å²) >= 11 is 0. The summed E-state index contributed by atoms with van der Waals surface area (Å²) in [6.45, 7) is 6.30. The lowest BCUT2D eigenvalue weighted by atomic mass is 10.2. The summed E-state index contributed by atoms with van der Waals surface area (Å²) < 4.78 is 15.3. The van der Waals surface area contributed by atoms with Crippen LogP contribution in [0.15, 0.2) is 48.5 Å². The average molecular weight is 518 g/mol. The van der Waals surface area contributed by atoms with Gasteiger partial charge < -0.3 is 9.80 Å². The van der Waals surface area contributed by atoms with Crippen molar-refractivity contribution in [2.45, 2.75) is 33.1 Å².